The first-order valence-electron chi connectivity index (χ1n) is 5.40. The number of aliphatic hydroxyl groups is 1. The maximum Gasteiger partial charge on any atom is 0.235 e. The fraction of sp³-hybridized carbons (Fsp3) is 0.462. The third-order valence-electron chi connectivity index (χ3n) is 3.09. The van der Waals surface area contributed by atoms with Crippen LogP contribution in [0.4, 0.5) is 0 Å². The number of carbonyl (C=O) groups excluding carboxylic acids is 1. The third-order valence-corrected chi connectivity index (χ3v) is 3.09. The van der Waals surface area contributed by atoms with Crippen LogP contribution in [0.3, 0.4) is 0 Å². The highest BCUT2D eigenvalue weighted by Gasteiger charge is 2.45. The van der Waals surface area contributed by atoms with Gasteiger partial charge in [0.15, 0.2) is 0 Å². The molecule has 0 saturated heterocycles. The molecule has 0 atom stereocenters. The average molecular weight is 217 g/mol. The van der Waals surface area contributed by atoms with Crippen molar-refractivity contribution in [3.05, 3.63) is 35.4 Å². The van der Waals surface area contributed by atoms with Gasteiger partial charge in [-0.25, -0.2) is 4.79 Å². The summed E-state index contributed by atoms with van der Waals surface area (Å²) < 4.78 is 0. The standard InChI is InChI=1S/C13H15NO2/c1-12(2,16)10-4-3-5-11(8-10)13(6-7-13)14-9-15/h3-5,8,16H,6-7H2,1-2H3. The minimum atomic E-state index is -0.864. The van der Waals surface area contributed by atoms with E-state index in [1.807, 2.05) is 24.3 Å². The summed E-state index contributed by atoms with van der Waals surface area (Å²) in [7, 11) is 0. The van der Waals surface area contributed by atoms with Crippen molar-refractivity contribution in [1.29, 1.82) is 0 Å². The second kappa shape index (κ2) is 3.55. The average Bonchev–Trinajstić information content (AvgIpc) is 2.99. The van der Waals surface area contributed by atoms with Crippen molar-refractivity contribution in [2.75, 3.05) is 0 Å². The molecule has 1 aromatic carbocycles. The van der Waals surface area contributed by atoms with Crippen molar-refractivity contribution in [3.63, 3.8) is 0 Å². The molecule has 3 nitrogen and oxygen atoms in total. The van der Waals surface area contributed by atoms with Crippen LogP contribution in [0.1, 0.15) is 37.8 Å². The van der Waals surface area contributed by atoms with Gasteiger partial charge in [-0.15, -0.1) is 0 Å². The Hall–Kier alpha value is -1.44. The van der Waals surface area contributed by atoms with Crippen molar-refractivity contribution in [3.8, 4) is 0 Å². The smallest absolute Gasteiger partial charge is 0.235 e. The molecule has 0 amide bonds. The summed E-state index contributed by atoms with van der Waals surface area (Å²) >= 11 is 0. The largest absolute Gasteiger partial charge is 0.386 e. The van der Waals surface area contributed by atoms with Gasteiger partial charge in [0, 0.05) is 0 Å². The molecule has 0 unspecified atom stereocenters. The van der Waals surface area contributed by atoms with Gasteiger partial charge in [-0.2, -0.15) is 4.99 Å². The maximum atomic E-state index is 10.4. The first kappa shape index (κ1) is 11.1. The number of rotatable bonds is 3. The van der Waals surface area contributed by atoms with Crippen LogP contribution in [0.5, 0.6) is 0 Å². The molecular weight excluding hydrogens is 202 g/mol. The zero-order valence-corrected chi connectivity index (χ0v) is 9.53. The van der Waals surface area contributed by atoms with Gasteiger partial charge in [-0.05, 0) is 37.8 Å². The third kappa shape index (κ3) is 1.92. The molecule has 0 bridgehead atoms. The van der Waals surface area contributed by atoms with E-state index >= 15 is 0 Å². The van der Waals surface area contributed by atoms with Crippen LogP contribution in [0.15, 0.2) is 29.3 Å². The summed E-state index contributed by atoms with van der Waals surface area (Å²) in [6, 6.07) is 7.64. The summed E-state index contributed by atoms with van der Waals surface area (Å²) in [4.78, 5) is 14.2. The van der Waals surface area contributed by atoms with E-state index in [0.29, 0.717) is 0 Å². The molecule has 1 N–H and O–H groups in total. The van der Waals surface area contributed by atoms with E-state index < -0.39 is 5.60 Å². The molecule has 84 valence electrons. The van der Waals surface area contributed by atoms with E-state index in [1.165, 1.54) is 0 Å². The Bertz CT molecular complexity index is 449. The molecule has 0 heterocycles. The molecule has 0 aromatic heterocycles. The fourth-order valence-corrected chi connectivity index (χ4v) is 1.86. The Labute approximate surface area is 94.8 Å². The van der Waals surface area contributed by atoms with Gasteiger partial charge in [-0.1, -0.05) is 24.3 Å². The molecule has 3 heteroatoms. The van der Waals surface area contributed by atoms with Crippen LogP contribution in [0, 0.1) is 0 Å². The normalized spacial score (nSPS) is 17.7. The lowest BCUT2D eigenvalue weighted by Crippen LogP contribution is -2.16. The lowest BCUT2D eigenvalue weighted by Gasteiger charge is -2.19. The van der Waals surface area contributed by atoms with E-state index in [2.05, 4.69) is 4.99 Å². The molecular formula is C13H15NO2. The Morgan fingerprint density at radius 1 is 1.44 bits per heavy atom. The molecule has 1 saturated carbocycles. The highest BCUT2D eigenvalue weighted by molar-refractivity contribution is 5.42. The zero-order valence-electron chi connectivity index (χ0n) is 9.53. The molecule has 2 rings (SSSR count). The number of hydrogen-bond acceptors (Lipinski definition) is 3. The summed E-state index contributed by atoms with van der Waals surface area (Å²) in [5.74, 6) is 0. The van der Waals surface area contributed by atoms with Gasteiger partial charge < -0.3 is 5.11 Å². The van der Waals surface area contributed by atoms with Crippen molar-refractivity contribution in [2.24, 2.45) is 4.99 Å². The van der Waals surface area contributed by atoms with Crippen molar-refractivity contribution in [1.82, 2.24) is 0 Å². The van der Waals surface area contributed by atoms with Crippen LogP contribution in [0.25, 0.3) is 0 Å². The second-order valence-electron chi connectivity index (χ2n) is 4.87. The van der Waals surface area contributed by atoms with Gasteiger partial charge in [0.05, 0.1) is 11.1 Å². The second-order valence-corrected chi connectivity index (χ2v) is 4.87. The number of nitrogens with zero attached hydrogens (tertiary/aromatic N) is 1. The monoisotopic (exact) mass is 217 g/mol. The first-order chi connectivity index (χ1) is 7.48. The lowest BCUT2D eigenvalue weighted by atomic mass is 9.94. The molecule has 16 heavy (non-hydrogen) atoms. The van der Waals surface area contributed by atoms with Gasteiger partial charge in [0.1, 0.15) is 0 Å². The van der Waals surface area contributed by atoms with E-state index in [1.54, 1.807) is 19.9 Å². The van der Waals surface area contributed by atoms with E-state index in [9.17, 15) is 9.90 Å². The zero-order chi connectivity index (χ0) is 11.8. The number of benzene rings is 1. The molecule has 1 aliphatic rings. The minimum absolute atomic E-state index is 0.358. The Morgan fingerprint density at radius 2 is 2.12 bits per heavy atom. The van der Waals surface area contributed by atoms with E-state index in [-0.39, 0.29) is 5.54 Å². The highest BCUT2D eigenvalue weighted by Crippen LogP contribution is 2.49. The Balaban J connectivity index is 2.41. The predicted octanol–water partition coefficient (Wildman–Crippen LogP) is 2.24. The summed E-state index contributed by atoms with van der Waals surface area (Å²) in [5, 5.41) is 9.92. The molecule has 1 fully saturated rings. The lowest BCUT2D eigenvalue weighted by molar-refractivity contribution is 0.0785. The summed E-state index contributed by atoms with van der Waals surface area (Å²) in [6.07, 6.45) is 3.41. The SMILES string of the molecule is CC(C)(O)c1cccc(C2(N=C=O)CC2)c1. The molecule has 0 spiro atoms. The van der Waals surface area contributed by atoms with Crippen LogP contribution >= 0.6 is 0 Å². The number of isocyanates is 1. The molecule has 0 aliphatic heterocycles. The number of hydrogen-bond donors (Lipinski definition) is 1. The number of aliphatic imine (C=N–C) groups is 1. The molecule has 1 aromatic rings. The van der Waals surface area contributed by atoms with Crippen LogP contribution in [0.2, 0.25) is 0 Å². The molecule has 1 aliphatic carbocycles. The van der Waals surface area contributed by atoms with Crippen LogP contribution < -0.4 is 0 Å². The van der Waals surface area contributed by atoms with Crippen LogP contribution in [-0.4, -0.2) is 11.2 Å². The van der Waals surface area contributed by atoms with Gasteiger partial charge in [0.2, 0.25) is 6.08 Å². The van der Waals surface area contributed by atoms with E-state index in [0.717, 1.165) is 24.0 Å². The highest BCUT2D eigenvalue weighted by atomic mass is 16.3. The topological polar surface area (TPSA) is 49.7 Å². The quantitative estimate of drug-likeness (QED) is 0.623. The Morgan fingerprint density at radius 3 is 2.62 bits per heavy atom. The maximum absolute atomic E-state index is 10.4. The van der Waals surface area contributed by atoms with Gasteiger partial charge in [0.25, 0.3) is 0 Å². The molecule has 0 radical (unpaired) electrons. The summed E-state index contributed by atoms with van der Waals surface area (Å²) in [6.45, 7) is 3.49. The van der Waals surface area contributed by atoms with Gasteiger partial charge >= 0.3 is 0 Å². The van der Waals surface area contributed by atoms with E-state index in [4.69, 9.17) is 0 Å². The van der Waals surface area contributed by atoms with Gasteiger partial charge in [-0.3, -0.25) is 0 Å². The minimum Gasteiger partial charge on any atom is -0.386 e. The fourth-order valence-electron chi connectivity index (χ4n) is 1.86. The van der Waals surface area contributed by atoms with Crippen molar-refractivity contribution < 1.29 is 9.90 Å². The van der Waals surface area contributed by atoms with Crippen molar-refractivity contribution >= 4 is 6.08 Å². The first-order valence-corrected chi connectivity index (χ1v) is 5.40. The van der Waals surface area contributed by atoms with Crippen molar-refractivity contribution in [2.45, 2.75) is 37.8 Å². The predicted molar refractivity (Wildman–Crippen MR) is 60.7 cm³/mol. The van der Waals surface area contributed by atoms with Crippen LogP contribution in [-0.2, 0) is 15.9 Å². The Kier molecular flexibility index (Phi) is 2.45. The summed E-state index contributed by atoms with van der Waals surface area (Å²) in [5.41, 5.74) is 0.618.